The van der Waals surface area contributed by atoms with Gasteiger partial charge >= 0.3 is 0 Å². The molecule has 1 heterocycles. The Kier molecular flexibility index (Phi) is 6.30. The second-order valence-corrected chi connectivity index (χ2v) is 7.17. The number of benzene rings is 2. The molecule has 3 rings (SSSR count). The number of hydrogen-bond acceptors (Lipinski definition) is 3. The summed E-state index contributed by atoms with van der Waals surface area (Å²) in [5.74, 6) is 0.959. The Hall–Kier alpha value is -1.36. The minimum Gasteiger partial charge on any atom is -0.494 e. The molecule has 0 unspecified atom stereocenters. The molecule has 24 heavy (non-hydrogen) atoms. The maximum atomic E-state index is 5.51. The van der Waals surface area contributed by atoms with Crippen LogP contribution in [0.2, 0.25) is 0 Å². The first kappa shape index (κ1) is 17.5. The summed E-state index contributed by atoms with van der Waals surface area (Å²) in [4.78, 5) is 5.08. The summed E-state index contributed by atoms with van der Waals surface area (Å²) < 4.78 is 6.65. The summed E-state index contributed by atoms with van der Waals surface area (Å²) in [5.41, 5.74) is 2.75. The molecule has 1 aliphatic rings. The normalized spacial score (nSPS) is 16.2. The number of piperazine rings is 1. The minimum absolute atomic E-state index is 0.722. The standard InChI is InChI=1S/C20H25BrN2O/c1-2-24-20-9-5-18(6-10-20)16-23-13-11-22(12-14-23)15-17-3-7-19(21)8-4-17/h3-10H,2,11-16H2,1H3. The molecule has 2 aromatic rings. The largest absolute Gasteiger partial charge is 0.494 e. The predicted octanol–water partition coefficient (Wildman–Crippen LogP) is 4.17. The van der Waals surface area contributed by atoms with Gasteiger partial charge in [0, 0.05) is 43.7 Å². The third-order valence-electron chi connectivity index (χ3n) is 4.42. The van der Waals surface area contributed by atoms with Gasteiger partial charge in [-0.05, 0) is 42.3 Å². The molecule has 0 bridgehead atoms. The van der Waals surface area contributed by atoms with E-state index in [1.807, 2.05) is 6.92 Å². The Bertz CT molecular complexity index is 619. The molecule has 0 aromatic heterocycles. The highest BCUT2D eigenvalue weighted by atomic mass is 79.9. The van der Waals surface area contributed by atoms with E-state index in [1.54, 1.807) is 0 Å². The van der Waals surface area contributed by atoms with Crippen LogP contribution in [0.5, 0.6) is 5.75 Å². The number of halogens is 1. The predicted molar refractivity (Wildman–Crippen MR) is 102 cm³/mol. The van der Waals surface area contributed by atoms with E-state index in [-0.39, 0.29) is 0 Å². The van der Waals surface area contributed by atoms with Crippen molar-refractivity contribution in [1.82, 2.24) is 9.80 Å². The fraction of sp³-hybridized carbons (Fsp3) is 0.400. The van der Waals surface area contributed by atoms with Crippen molar-refractivity contribution in [2.24, 2.45) is 0 Å². The Morgan fingerprint density at radius 3 is 1.71 bits per heavy atom. The zero-order chi connectivity index (χ0) is 16.8. The minimum atomic E-state index is 0.722. The van der Waals surface area contributed by atoms with E-state index in [2.05, 4.69) is 74.3 Å². The molecule has 2 aromatic carbocycles. The molecule has 1 aliphatic heterocycles. The van der Waals surface area contributed by atoms with E-state index < -0.39 is 0 Å². The molecule has 0 amide bonds. The first-order valence-electron chi connectivity index (χ1n) is 8.64. The highest BCUT2D eigenvalue weighted by Gasteiger charge is 2.17. The van der Waals surface area contributed by atoms with Crippen molar-refractivity contribution in [3.05, 3.63) is 64.1 Å². The van der Waals surface area contributed by atoms with Gasteiger partial charge in [-0.15, -0.1) is 0 Å². The summed E-state index contributed by atoms with van der Waals surface area (Å²) >= 11 is 3.49. The van der Waals surface area contributed by atoms with Crippen molar-refractivity contribution in [1.29, 1.82) is 0 Å². The molecular formula is C20H25BrN2O. The monoisotopic (exact) mass is 388 g/mol. The molecule has 3 nitrogen and oxygen atoms in total. The van der Waals surface area contributed by atoms with Crippen LogP contribution in [-0.4, -0.2) is 42.6 Å². The lowest BCUT2D eigenvalue weighted by Crippen LogP contribution is -2.45. The van der Waals surface area contributed by atoms with Crippen molar-refractivity contribution in [3.8, 4) is 5.75 Å². The number of hydrogen-bond donors (Lipinski definition) is 0. The van der Waals surface area contributed by atoms with Gasteiger partial charge in [0.2, 0.25) is 0 Å². The summed E-state index contributed by atoms with van der Waals surface area (Å²) in [6.45, 7) is 9.33. The molecule has 1 fully saturated rings. The van der Waals surface area contributed by atoms with Crippen LogP contribution in [-0.2, 0) is 13.1 Å². The van der Waals surface area contributed by atoms with Crippen molar-refractivity contribution in [2.75, 3.05) is 32.8 Å². The molecule has 0 saturated carbocycles. The lowest BCUT2D eigenvalue weighted by atomic mass is 10.1. The molecule has 0 radical (unpaired) electrons. The molecular weight excluding hydrogens is 364 g/mol. The van der Waals surface area contributed by atoms with Crippen LogP contribution in [0.15, 0.2) is 53.0 Å². The van der Waals surface area contributed by atoms with Gasteiger partial charge in [-0.1, -0.05) is 40.2 Å². The van der Waals surface area contributed by atoms with Crippen LogP contribution in [0.4, 0.5) is 0 Å². The van der Waals surface area contributed by atoms with Crippen molar-refractivity contribution in [3.63, 3.8) is 0 Å². The van der Waals surface area contributed by atoms with E-state index in [1.165, 1.54) is 11.1 Å². The highest BCUT2D eigenvalue weighted by Crippen LogP contribution is 2.16. The van der Waals surface area contributed by atoms with Gasteiger partial charge in [0.05, 0.1) is 6.61 Å². The smallest absolute Gasteiger partial charge is 0.119 e. The molecule has 1 saturated heterocycles. The maximum absolute atomic E-state index is 5.51. The van der Waals surface area contributed by atoms with Gasteiger partial charge in [-0.3, -0.25) is 9.80 Å². The third kappa shape index (κ3) is 5.07. The highest BCUT2D eigenvalue weighted by molar-refractivity contribution is 9.10. The van der Waals surface area contributed by atoms with E-state index in [0.717, 1.165) is 56.1 Å². The van der Waals surface area contributed by atoms with Crippen molar-refractivity contribution < 1.29 is 4.74 Å². The number of rotatable bonds is 6. The number of nitrogens with zero attached hydrogens (tertiary/aromatic N) is 2. The topological polar surface area (TPSA) is 15.7 Å². The average Bonchev–Trinajstić information content (AvgIpc) is 2.61. The van der Waals surface area contributed by atoms with Crippen LogP contribution < -0.4 is 4.74 Å². The average molecular weight is 389 g/mol. The molecule has 0 aliphatic carbocycles. The Labute approximate surface area is 153 Å². The molecule has 4 heteroatoms. The first-order valence-corrected chi connectivity index (χ1v) is 9.43. The lowest BCUT2D eigenvalue weighted by Gasteiger charge is -2.34. The summed E-state index contributed by atoms with van der Waals surface area (Å²) in [5, 5.41) is 0. The zero-order valence-electron chi connectivity index (χ0n) is 14.2. The quantitative estimate of drug-likeness (QED) is 0.738. The van der Waals surface area contributed by atoms with Gasteiger partial charge in [-0.25, -0.2) is 0 Å². The van der Waals surface area contributed by atoms with Gasteiger partial charge in [0.25, 0.3) is 0 Å². The van der Waals surface area contributed by atoms with Crippen LogP contribution in [0.1, 0.15) is 18.1 Å². The van der Waals surface area contributed by atoms with Crippen molar-refractivity contribution >= 4 is 15.9 Å². The summed E-state index contributed by atoms with van der Waals surface area (Å²) in [6.07, 6.45) is 0. The fourth-order valence-electron chi connectivity index (χ4n) is 3.07. The SMILES string of the molecule is CCOc1ccc(CN2CCN(Cc3ccc(Br)cc3)CC2)cc1. The van der Waals surface area contributed by atoms with Crippen molar-refractivity contribution in [2.45, 2.75) is 20.0 Å². The molecule has 0 spiro atoms. The first-order chi connectivity index (χ1) is 11.7. The van der Waals surface area contributed by atoms with Gasteiger partial charge in [0.1, 0.15) is 5.75 Å². The van der Waals surface area contributed by atoms with E-state index >= 15 is 0 Å². The van der Waals surface area contributed by atoms with Crippen LogP contribution in [0.3, 0.4) is 0 Å². The Morgan fingerprint density at radius 2 is 1.25 bits per heavy atom. The zero-order valence-corrected chi connectivity index (χ0v) is 15.8. The summed E-state index contributed by atoms with van der Waals surface area (Å²) in [7, 11) is 0. The van der Waals surface area contributed by atoms with Gasteiger partial charge in [-0.2, -0.15) is 0 Å². The van der Waals surface area contributed by atoms with Crippen LogP contribution in [0.25, 0.3) is 0 Å². The van der Waals surface area contributed by atoms with Gasteiger partial charge < -0.3 is 4.74 Å². The molecule has 0 atom stereocenters. The second-order valence-electron chi connectivity index (χ2n) is 6.26. The Morgan fingerprint density at radius 1 is 0.792 bits per heavy atom. The van der Waals surface area contributed by atoms with E-state index in [4.69, 9.17) is 4.74 Å². The molecule has 128 valence electrons. The van der Waals surface area contributed by atoms with E-state index in [0.29, 0.717) is 0 Å². The Balaban J connectivity index is 1.45. The van der Waals surface area contributed by atoms with Gasteiger partial charge in [0.15, 0.2) is 0 Å². The maximum Gasteiger partial charge on any atom is 0.119 e. The lowest BCUT2D eigenvalue weighted by molar-refractivity contribution is 0.122. The number of ether oxygens (including phenoxy) is 1. The third-order valence-corrected chi connectivity index (χ3v) is 4.95. The summed E-state index contributed by atoms with van der Waals surface area (Å²) in [6, 6.07) is 17.2. The fourth-order valence-corrected chi connectivity index (χ4v) is 3.33. The van der Waals surface area contributed by atoms with E-state index in [9.17, 15) is 0 Å². The van der Waals surface area contributed by atoms with Crippen LogP contribution in [0, 0.1) is 0 Å². The van der Waals surface area contributed by atoms with Crippen LogP contribution >= 0.6 is 15.9 Å². The second kappa shape index (κ2) is 8.65. The molecule has 0 N–H and O–H groups in total.